The van der Waals surface area contributed by atoms with Gasteiger partial charge < -0.3 is 15.0 Å². The highest BCUT2D eigenvalue weighted by molar-refractivity contribution is 7.89. The van der Waals surface area contributed by atoms with Crippen LogP contribution in [0.5, 0.6) is 5.75 Å². The zero-order chi connectivity index (χ0) is 24.4. The van der Waals surface area contributed by atoms with Gasteiger partial charge in [0.05, 0.1) is 0 Å². The van der Waals surface area contributed by atoms with E-state index < -0.39 is 16.1 Å². The van der Waals surface area contributed by atoms with Crippen LogP contribution in [-0.4, -0.2) is 66.7 Å². The minimum Gasteiger partial charge on any atom is -0.480 e. The molecule has 2 amide bonds. The summed E-state index contributed by atoms with van der Waals surface area (Å²) in [5.74, 6) is 0.213. The van der Waals surface area contributed by atoms with Crippen LogP contribution < -0.4 is 10.1 Å². The second-order valence-electron chi connectivity index (χ2n) is 8.37. The van der Waals surface area contributed by atoms with Gasteiger partial charge in [-0.3, -0.25) is 14.6 Å². The molecular weight excluding hydrogens is 468 g/mol. The third kappa shape index (κ3) is 4.75. The molecule has 9 nitrogen and oxygen atoms in total. The number of hydrogen-bond donors (Lipinski definition) is 1. The summed E-state index contributed by atoms with van der Waals surface area (Å²) < 4.78 is 32.7. The van der Waals surface area contributed by atoms with Crippen molar-refractivity contribution >= 4 is 27.5 Å². The lowest BCUT2D eigenvalue weighted by molar-refractivity contribution is -0.122. The summed E-state index contributed by atoms with van der Waals surface area (Å²) >= 11 is 0. The quantitative estimate of drug-likeness (QED) is 0.585. The Balaban J connectivity index is 1.20. The molecule has 1 N–H and O–H groups in total. The van der Waals surface area contributed by atoms with Crippen LogP contribution in [0.15, 0.2) is 78.0 Å². The zero-order valence-electron chi connectivity index (χ0n) is 18.8. The lowest BCUT2D eigenvalue weighted by Crippen LogP contribution is -2.50. The van der Waals surface area contributed by atoms with E-state index in [4.69, 9.17) is 4.74 Å². The molecule has 1 saturated heterocycles. The first-order valence-electron chi connectivity index (χ1n) is 11.3. The zero-order valence-corrected chi connectivity index (χ0v) is 19.6. The van der Waals surface area contributed by atoms with Gasteiger partial charge in [0.25, 0.3) is 11.8 Å². The fraction of sp³-hybridized carbons (Fsp3) is 0.240. The number of nitrogens with one attached hydrogen (secondary N) is 1. The molecular formula is C25H24N4O5S. The molecule has 1 unspecified atom stereocenters. The molecule has 0 aliphatic carbocycles. The molecule has 180 valence electrons. The second kappa shape index (κ2) is 9.47. The van der Waals surface area contributed by atoms with Gasteiger partial charge in [-0.15, -0.1) is 0 Å². The molecule has 1 atom stereocenters. The maximum absolute atomic E-state index is 13.1. The van der Waals surface area contributed by atoms with E-state index >= 15 is 0 Å². The number of hydrogen-bond acceptors (Lipinski definition) is 6. The van der Waals surface area contributed by atoms with E-state index in [2.05, 4.69) is 10.3 Å². The third-order valence-corrected chi connectivity index (χ3v) is 8.00. The summed E-state index contributed by atoms with van der Waals surface area (Å²) in [7, 11) is -3.65. The second-order valence-corrected chi connectivity index (χ2v) is 10.3. The van der Waals surface area contributed by atoms with Crippen molar-refractivity contribution in [1.82, 2.24) is 14.2 Å². The van der Waals surface area contributed by atoms with Gasteiger partial charge in [-0.25, -0.2) is 8.42 Å². The van der Waals surface area contributed by atoms with Crippen molar-refractivity contribution < 1.29 is 22.7 Å². The number of benzene rings is 2. The summed E-state index contributed by atoms with van der Waals surface area (Å²) in [5.41, 5.74) is 1.90. The smallest absolute Gasteiger partial charge is 0.265 e. The summed E-state index contributed by atoms with van der Waals surface area (Å²) in [5, 5.41) is 2.83. The van der Waals surface area contributed by atoms with Crippen LogP contribution in [-0.2, 0) is 21.2 Å². The number of fused-ring (bicyclic) bond motifs is 1. The van der Waals surface area contributed by atoms with Crippen LogP contribution in [0.25, 0.3) is 0 Å². The number of para-hydroxylation sites is 1. The van der Waals surface area contributed by atoms with Gasteiger partial charge in [0.15, 0.2) is 6.10 Å². The normalized spacial score (nSPS) is 17.9. The molecule has 1 aromatic heterocycles. The van der Waals surface area contributed by atoms with Gasteiger partial charge in [-0.1, -0.05) is 24.3 Å². The fourth-order valence-electron chi connectivity index (χ4n) is 4.24. The SMILES string of the molecule is O=C(Nc1cccc(C(=O)N2CCN(S(=O)(=O)c3cccnc3)CC2)c1)C1Cc2ccccc2O1. The predicted octanol–water partition coefficient (Wildman–Crippen LogP) is 2.17. The molecule has 0 bridgehead atoms. The molecule has 0 radical (unpaired) electrons. The minimum absolute atomic E-state index is 0.137. The van der Waals surface area contributed by atoms with Crippen LogP contribution >= 0.6 is 0 Å². The number of anilines is 1. The van der Waals surface area contributed by atoms with Crippen molar-refractivity contribution in [2.24, 2.45) is 0 Å². The van der Waals surface area contributed by atoms with Crippen LogP contribution in [0.2, 0.25) is 0 Å². The van der Waals surface area contributed by atoms with Crippen LogP contribution in [0, 0.1) is 0 Å². The molecule has 3 aromatic rings. The van der Waals surface area contributed by atoms with Gasteiger partial charge >= 0.3 is 0 Å². The predicted molar refractivity (Wildman–Crippen MR) is 129 cm³/mol. The Hall–Kier alpha value is -3.76. The Morgan fingerprint density at radius 1 is 0.971 bits per heavy atom. The van der Waals surface area contributed by atoms with Gasteiger partial charge in [0.1, 0.15) is 10.6 Å². The number of aromatic nitrogens is 1. The average molecular weight is 493 g/mol. The summed E-state index contributed by atoms with van der Waals surface area (Å²) in [6.45, 7) is 0.921. The highest BCUT2D eigenvalue weighted by Crippen LogP contribution is 2.29. The first-order valence-corrected chi connectivity index (χ1v) is 12.7. The largest absolute Gasteiger partial charge is 0.480 e. The first kappa shape index (κ1) is 23.0. The van der Waals surface area contributed by atoms with Gasteiger partial charge in [-0.2, -0.15) is 4.31 Å². The summed E-state index contributed by atoms with van der Waals surface area (Å²) in [6.07, 6.45) is 2.71. The van der Waals surface area contributed by atoms with Crippen molar-refractivity contribution in [3.8, 4) is 5.75 Å². The molecule has 0 saturated carbocycles. The molecule has 0 spiro atoms. The number of piperazine rings is 1. The maximum Gasteiger partial charge on any atom is 0.265 e. The van der Waals surface area contributed by atoms with Crippen molar-refractivity contribution in [3.63, 3.8) is 0 Å². The molecule has 1 fully saturated rings. The first-order chi connectivity index (χ1) is 16.9. The van der Waals surface area contributed by atoms with E-state index in [0.29, 0.717) is 23.4 Å². The molecule has 2 aliphatic heterocycles. The van der Waals surface area contributed by atoms with Crippen LogP contribution in [0.4, 0.5) is 5.69 Å². The van der Waals surface area contributed by atoms with E-state index in [1.807, 2.05) is 24.3 Å². The number of nitrogens with zero attached hydrogens (tertiary/aromatic N) is 3. The molecule has 2 aromatic carbocycles. The van der Waals surface area contributed by atoms with Crippen LogP contribution in [0.3, 0.4) is 0 Å². The molecule has 3 heterocycles. The van der Waals surface area contributed by atoms with Crippen LogP contribution in [0.1, 0.15) is 15.9 Å². The third-order valence-electron chi connectivity index (χ3n) is 6.11. The lowest BCUT2D eigenvalue weighted by atomic mass is 10.1. The monoisotopic (exact) mass is 492 g/mol. The van der Waals surface area contributed by atoms with Crippen molar-refractivity contribution in [1.29, 1.82) is 0 Å². The number of carbonyl (C=O) groups is 2. The Bertz CT molecular complexity index is 1330. The van der Waals surface area contributed by atoms with Gasteiger partial charge in [0, 0.05) is 56.2 Å². The number of rotatable bonds is 5. The van der Waals surface area contributed by atoms with E-state index in [1.165, 1.54) is 22.8 Å². The Morgan fingerprint density at radius 2 is 1.77 bits per heavy atom. The highest BCUT2D eigenvalue weighted by atomic mass is 32.2. The van der Waals surface area contributed by atoms with Crippen molar-refractivity contribution in [2.75, 3.05) is 31.5 Å². The van der Waals surface area contributed by atoms with Gasteiger partial charge in [-0.05, 0) is 42.0 Å². The van der Waals surface area contributed by atoms with E-state index in [-0.39, 0.29) is 42.9 Å². The number of amides is 2. The average Bonchev–Trinajstić information content (AvgIpc) is 3.34. The van der Waals surface area contributed by atoms with E-state index in [1.54, 1.807) is 35.2 Å². The van der Waals surface area contributed by atoms with E-state index in [9.17, 15) is 18.0 Å². The number of sulfonamides is 1. The number of pyridine rings is 1. The molecule has 35 heavy (non-hydrogen) atoms. The summed E-state index contributed by atoms with van der Waals surface area (Å²) in [6, 6.07) is 17.4. The maximum atomic E-state index is 13.1. The standard InChI is InChI=1S/C25H24N4O5S/c30-24(23-16-18-5-1-2-9-22(18)34-23)27-20-7-3-6-19(15-20)25(31)28-11-13-29(14-12-28)35(32,33)21-8-4-10-26-17-21/h1-10,15,17,23H,11-14,16H2,(H,27,30). The van der Waals surface area contributed by atoms with Gasteiger partial charge in [0.2, 0.25) is 10.0 Å². The fourth-order valence-corrected chi connectivity index (χ4v) is 5.63. The molecule has 2 aliphatic rings. The Morgan fingerprint density at radius 3 is 2.51 bits per heavy atom. The van der Waals surface area contributed by atoms with Crippen molar-refractivity contribution in [2.45, 2.75) is 17.4 Å². The summed E-state index contributed by atoms with van der Waals surface area (Å²) in [4.78, 5) is 31.4. The Labute approximate surface area is 203 Å². The number of carbonyl (C=O) groups excluding carboxylic acids is 2. The lowest BCUT2D eigenvalue weighted by Gasteiger charge is -2.34. The topological polar surface area (TPSA) is 109 Å². The minimum atomic E-state index is -3.65. The van der Waals surface area contributed by atoms with E-state index in [0.717, 1.165) is 5.56 Å². The Kier molecular flexibility index (Phi) is 6.23. The number of ether oxygens (including phenoxy) is 1. The molecule has 10 heteroatoms. The molecule has 5 rings (SSSR count). The van der Waals surface area contributed by atoms with Crippen molar-refractivity contribution in [3.05, 3.63) is 84.2 Å². The highest BCUT2D eigenvalue weighted by Gasteiger charge is 2.31.